The number of methoxy groups -OCH3 is 1. The van der Waals surface area contributed by atoms with Gasteiger partial charge in [-0.1, -0.05) is 59.6 Å². The van der Waals surface area contributed by atoms with E-state index in [9.17, 15) is 23.1 Å². The lowest BCUT2D eigenvalue weighted by atomic mass is 10.0. The van der Waals surface area contributed by atoms with Gasteiger partial charge in [0.25, 0.3) is 0 Å². The number of esters is 1. The van der Waals surface area contributed by atoms with Crippen LogP contribution >= 0.6 is 23.2 Å². The molecule has 0 saturated heterocycles. The van der Waals surface area contributed by atoms with Gasteiger partial charge in [0.2, 0.25) is 0 Å². The first-order valence-electron chi connectivity index (χ1n) is 12.3. The van der Waals surface area contributed by atoms with Crippen LogP contribution in [0.2, 0.25) is 10.0 Å². The van der Waals surface area contributed by atoms with E-state index in [1.165, 1.54) is 6.07 Å². The van der Waals surface area contributed by atoms with Crippen LogP contribution in [0.5, 0.6) is 5.75 Å². The van der Waals surface area contributed by atoms with Crippen molar-refractivity contribution in [2.45, 2.75) is 12.6 Å². The van der Waals surface area contributed by atoms with E-state index in [0.717, 1.165) is 35.9 Å². The second kappa shape index (κ2) is 11.3. The summed E-state index contributed by atoms with van der Waals surface area (Å²) in [6.45, 7) is 0. The molecule has 208 valence electrons. The van der Waals surface area contributed by atoms with Gasteiger partial charge < -0.3 is 14.4 Å². The van der Waals surface area contributed by atoms with E-state index in [1.54, 1.807) is 41.1 Å². The number of nitrogens with zero attached hydrogens (tertiary/aromatic N) is 2. The van der Waals surface area contributed by atoms with Crippen molar-refractivity contribution in [3.63, 3.8) is 0 Å². The molecule has 0 aliphatic carbocycles. The Morgan fingerprint density at radius 1 is 0.927 bits per heavy atom. The third-order valence-electron chi connectivity index (χ3n) is 6.49. The summed E-state index contributed by atoms with van der Waals surface area (Å²) in [6, 6.07) is 22.8. The predicted octanol–water partition coefficient (Wildman–Crippen LogP) is 8.61. The van der Waals surface area contributed by atoms with Gasteiger partial charge in [-0.25, -0.2) is 9.78 Å². The highest BCUT2D eigenvalue weighted by Gasteiger charge is 2.36. The fraction of sp³-hybridized carbons (Fsp3) is 0.0968. The van der Waals surface area contributed by atoms with Crippen molar-refractivity contribution in [2.24, 2.45) is 0 Å². The summed E-state index contributed by atoms with van der Waals surface area (Å²) < 4.78 is 47.2. The van der Waals surface area contributed by atoms with Crippen LogP contribution in [0.4, 0.5) is 13.2 Å². The number of alkyl halides is 3. The Balaban J connectivity index is 1.59. The Morgan fingerprint density at radius 2 is 1.59 bits per heavy atom. The average molecular weight is 597 g/mol. The van der Waals surface area contributed by atoms with Crippen LogP contribution in [0, 0.1) is 0 Å². The lowest BCUT2D eigenvalue weighted by Gasteiger charge is -2.14. The molecule has 0 atom stereocenters. The molecule has 5 rings (SSSR count). The highest BCUT2D eigenvalue weighted by Crippen LogP contribution is 2.35. The zero-order valence-electron chi connectivity index (χ0n) is 21.4. The SMILES string of the molecule is COC(=O)c1cc(-n2cc(-c3ccc(Cl)cc3Cl)nc2Cc2ccc(-c3ccc(O)cc3)cc2)ccc1C(F)(F)F. The number of halogens is 5. The van der Waals surface area contributed by atoms with Crippen molar-refractivity contribution >= 4 is 29.2 Å². The van der Waals surface area contributed by atoms with Crippen molar-refractivity contribution in [1.82, 2.24) is 9.55 Å². The minimum Gasteiger partial charge on any atom is -0.508 e. The summed E-state index contributed by atoms with van der Waals surface area (Å²) in [6.07, 6.45) is -2.78. The number of imidazole rings is 1. The quantitative estimate of drug-likeness (QED) is 0.199. The minimum atomic E-state index is -4.75. The van der Waals surface area contributed by atoms with Gasteiger partial charge in [-0.15, -0.1) is 0 Å². The van der Waals surface area contributed by atoms with Gasteiger partial charge in [0.1, 0.15) is 11.6 Å². The molecule has 0 saturated carbocycles. The molecule has 5 aromatic rings. The molecule has 1 aromatic heterocycles. The first-order chi connectivity index (χ1) is 19.5. The summed E-state index contributed by atoms with van der Waals surface area (Å²) in [5.74, 6) is -0.432. The lowest BCUT2D eigenvalue weighted by Crippen LogP contribution is -2.15. The highest BCUT2D eigenvalue weighted by molar-refractivity contribution is 6.36. The molecule has 0 unspecified atom stereocenters. The maximum atomic E-state index is 13.7. The molecule has 1 heterocycles. The number of phenols is 1. The summed E-state index contributed by atoms with van der Waals surface area (Å²) in [5, 5.41) is 10.4. The fourth-order valence-electron chi connectivity index (χ4n) is 4.45. The number of aromatic hydroxyl groups is 1. The molecule has 0 radical (unpaired) electrons. The van der Waals surface area contributed by atoms with E-state index >= 15 is 0 Å². The summed E-state index contributed by atoms with van der Waals surface area (Å²) in [4.78, 5) is 17.1. The molecule has 41 heavy (non-hydrogen) atoms. The van der Waals surface area contributed by atoms with Crippen molar-refractivity contribution in [3.8, 4) is 33.8 Å². The standard InChI is InChI=1S/C31H21Cl2F3N2O3/c1-41-30(40)25-16-22(9-13-26(25)31(34,35)36)38-17-28(24-12-8-21(32)15-27(24)33)37-29(38)14-18-2-4-19(5-3-18)20-6-10-23(39)11-7-20/h2-13,15-17,39H,14H2,1H3. The van der Waals surface area contributed by atoms with Crippen molar-refractivity contribution in [2.75, 3.05) is 7.11 Å². The molecule has 4 aromatic carbocycles. The highest BCUT2D eigenvalue weighted by atomic mass is 35.5. The first kappa shape index (κ1) is 28.3. The Labute approximate surface area is 243 Å². The smallest absolute Gasteiger partial charge is 0.417 e. The number of rotatable bonds is 6. The molecule has 0 amide bonds. The van der Waals surface area contributed by atoms with Crippen LogP contribution in [0.3, 0.4) is 0 Å². The zero-order valence-corrected chi connectivity index (χ0v) is 22.9. The summed E-state index contributed by atoms with van der Waals surface area (Å²) in [7, 11) is 1.03. The number of carbonyl (C=O) groups excluding carboxylic acids is 1. The maximum Gasteiger partial charge on any atom is 0.417 e. The van der Waals surface area contributed by atoms with Crippen LogP contribution in [0.1, 0.15) is 27.3 Å². The number of ether oxygens (including phenoxy) is 1. The van der Waals surface area contributed by atoms with E-state index in [-0.39, 0.29) is 11.4 Å². The van der Waals surface area contributed by atoms with Crippen LogP contribution in [-0.4, -0.2) is 27.7 Å². The molecule has 1 N–H and O–H groups in total. The number of carbonyl (C=O) groups is 1. The summed E-state index contributed by atoms with van der Waals surface area (Å²) >= 11 is 12.5. The Morgan fingerprint density at radius 3 is 2.20 bits per heavy atom. The largest absolute Gasteiger partial charge is 0.508 e. The zero-order chi connectivity index (χ0) is 29.3. The Kier molecular flexibility index (Phi) is 7.80. The van der Waals surface area contributed by atoms with Crippen LogP contribution in [0.25, 0.3) is 28.1 Å². The third kappa shape index (κ3) is 6.09. The maximum absolute atomic E-state index is 13.7. The van der Waals surface area contributed by atoms with Gasteiger partial charge in [0.15, 0.2) is 0 Å². The number of phenolic OH excluding ortho intramolecular Hbond substituents is 1. The molecule has 0 spiro atoms. The van der Waals surface area contributed by atoms with E-state index < -0.39 is 23.3 Å². The number of aromatic nitrogens is 2. The average Bonchev–Trinajstić information content (AvgIpc) is 3.36. The van der Waals surface area contributed by atoms with Gasteiger partial charge in [-0.3, -0.25) is 0 Å². The second-order valence-corrected chi connectivity index (χ2v) is 10.0. The van der Waals surface area contributed by atoms with Crippen molar-refractivity contribution in [3.05, 3.63) is 124 Å². The second-order valence-electron chi connectivity index (χ2n) is 9.18. The van der Waals surface area contributed by atoms with E-state index in [2.05, 4.69) is 4.74 Å². The van der Waals surface area contributed by atoms with Crippen LogP contribution in [-0.2, 0) is 17.3 Å². The molecular formula is C31H21Cl2F3N2O3. The van der Waals surface area contributed by atoms with E-state index in [4.69, 9.17) is 28.2 Å². The molecule has 10 heteroatoms. The Hall–Kier alpha value is -4.27. The van der Waals surface area contributed by atoms with Gasteiger partial charge in [-0.2, -0.15) is 13.2 Å². The molecule has 0 fully saturated rings. The summed E-state index contributed by atoms with van der Waals surface area (Å²) in [5.41, 5.74) is 2.39. The van der Waals surface area contributed by atoms with Gasteiger partial charge >= 0.3 is 12.1 Å². The molecule has 0 aliphatic rings. The van der Waals surface area contributed by atoms with Gasteiger partial charge in [-0.05, 0) is 65.2 Å². The monoisotopic (exact) mass is 596 g/mol. The van der Waals surface area contributed by atoms with Crippen LogP contribution < -0.4 is 0 Å². The number of benzene rings is 4. The topological polar surface area (TPSA) is 64.4 Å². The normalized spacial score (nSPS) is 11.5. The number of hydrogen-bond acceptors (Lipinski definition) is 4. The van der Waals surface area contributed by atoms with Crippen molar-refractivity contribution < 1.29 is 27.8 Å². The first-order valence-corrected chi connectivity index (χ1v) is 13.0. The predicted molar refractivity (Wildman–Crippen MR) is 152 cm³/mol. The molecule has 5 nitrogen and oxygen atoms in total. The third-order valence-corrected chi connectivity index (χ3v) is 7.04. The van der Waals surface area contributed by atoms with Gasteiger partial charge in [0, 0.05) is 28.9 Å². The van der Waals surface area contributed by atoms with E-state index in [0.29, 0.717) is 33.5 Å². The van der Waals surface area contributed by atoms with Gasteiger partial charge in [0.05, 0.1) is 29.0 Å². The minimum absolute atomic E-state index is 0.174. The lowest BCUT2D eigenvalue weighted by molar-refractivity contribution is -0.138. The van der Waals surface area contributed by atoms with E-state index in [1.807, 2.05) is 36.4 Å². The number of hydrogen-bond donors (Lipinski definition) is 1. The molecule has 0 bridgehead atoms. The fourth-order valence-corrected chi connectivity index (χ4v) is 4.96. The van der Waals surface area contributed by atoms with Crippen LogP contribution in [0.15, 0.2) is 91.1 Å². The molecular weight excluding hydrogens is 576 g/mol. The molecule has 0 aliphatic heterocycles. The Bertz CT molecular complexity index is 1730. The van der Waals surface area contributed by atoms with Crippen molar-refractivity contribution in [1.29, 1.82) is 0 Å².